The van der Waals surface area contributed by atoms with E-state index in [1.54, 1.807) is 11.8 Å². The predicted molar refractivity (Wildman–Crippen MR) is 95.9 cm³/mol. The molecule has 2 aromatic carbocycles. The van der Waals surface area contributed by atoms with E-state index in [1.807, 2.05) is 31.2 Å². The Morgan fingerprint density at radius 1 is 1.17 bits per heavy atom. The first kappa shape index (κ1) is 17.3. The number of nitrogens with two attached hydrogens (primary N) is 2. The van der Waals surface area contributed by atoms with E-state index in [0.29, 0.717) is 5.69 Å². The number of carbonyl (C=O) groups is 1. The Kier molecular flexibility index (Phi) is 6.04. The maximum absolute atomic E-state index is 11.7. The molecule has 0 fully saturated rings. The molecule has 0 aliphatic carbocycles. The number of carbonyl (C=O) groups excluding carboxylic acids is 1. The molecular weight excluding hydrogens is 308 g/mol. The molecule has 122 valence electrons. The third-order valence-electron chi connectivity index (χ3n) is 3.66. The van der Waals surface area contributed by atoms with Gasteiger partial charge in [0.05, 0.1) is 5.69 Å². The quantitative estimate of drug-likeness (QED) is 0.340. The minimum Gasteiger partial charge on any atom is -0.274 e. The van der Waals surface area contributed by atoms with Crippen LogP contribution in [-0.2, 0) is 12.2 Å². The Balaban J connectivity index is 2.27. The third kappa shape index (κ3) is 4.04. The molecule has 0 saturated carbocycles. The van der Waals surface area contributed by atoms with Crippen molar-refractivity contribution in [2.24, 2.45) is 11.7 Å². The number of aryl methyl sites for hydroxylation is 2. The lowest BCUT2D eigenvalue weighted by molar-refractivity contribution is 0.246. The first-order chi connectivity index (χ1) is 11.1. The van der Waals surface area contributed by atoms with Gasteiger partial charge in [0.15, 0.2) is 0 Å². The molecule has 6 heteroatoms. The molecule has 0 aliphatic rings. The highest BCUT2D eigenvalue weighted by Crippen LogP contribution is 2.35. The lowest BCUT2D eigenvalue weighted by atomic mass is 10.1. The van der Waals surface area contributed by atoms with Crippen molar-refractivity contribution in [1.82, 2.24) is 5.43 Å². The van der Waals surface area contributed by atoms with E-state index < -0.39 is 6.03 Å². The van der Waals surface area contributed by atoms with Crippen LogP contribution in [0.2, 0.25) is 0 Å². The summed E-state index contributed by atoms with van der Waals surface area (Å²) in [6.45, 7) is 4.15. The van der Waals surface area contributed by atoms with Crippen LogP contribution in [0.3, 0.4) is 0 Å². The van der Waals surface area contributed by atoms with Gasteiger partial charge in [-0.3, -0.25) is 5.43 Å². The molecule has 2 amide bonds. The van der Waals surface area contributed by atoms with E-state index >= 15 is 0 Å². The number of benzene rings is 2. The van der Waals surface area contributed by atoms with Crippen LogP contribution in [0.5, 0.6) is 0 Å². The van der Waals surface area contributed by atoms with Gasteiger partial charge in [0.1, 0.15) is 0 Å². The summed E-state index contributed by atoms with van der Waals surface area (Å²) in [5.41, 5.74) is 6.40. The van der Waals surface area contributed by atoms with Gasteiger partial charge in [-0.1, -0.05) is 43.3 Å². The molecule has 0 bridgehead atoms. The zero-order chi connectivity index (χ0) is 16.8. The van der Waals surface area contributed by atoms with Crippen molar-refractivity contribution < 1.29 is 4.79 Å². The molecule has 0 unspecified atom stereocenters. The van der Waals surface area contributed by atoms with Crippen LogP contribution in [0, 0.1) is 6.92 Å². The largest absolute Gasteiger partial charge is 0.350 e. The number of rotatable bonds is 5. The zero-order valence-corrected chi connectivity index (χ0v) is 14.2. The molecule has 0 spiro atoms. The summed E-state index contributed by atoms with van der Waals surface area (Å²) in [6, 6.07) is 13.5. The monoisotopic (exact) mass is 330 g/mol. The summed E-state index contributed by atoms with van der Waals surface area (Å²) in [7, 11) is 0. The van der Waals surface area contributed by atoms with Crippen LogP contribution < -0.4 is 22.1 Å². The maximum atomic E-state index is 11.7. The van der Waals surface area contributed by atoms with E-state index in [-0.39, 0.29) is 0 Å². The second-order valence-corrected chi connectivity index (χ2v) is 6.14. The number of hydrogen-bond acceptors (Lipinski definition) is 4. The van der Waals surface area contributed by atoms with Crippen molar-refractivity contribution in [2.75, 3.05) is 5.01 Å². The molecule has 0 atom stereocenters. The fourth-order valence-corrected chi connectivity index (χ4v) is 3.58. The Morgan fingerprint density at radius 3 is 2.52 bits per heavy atom. The summed E-state index contributed by atoms with van der Waals surface area (Å²) in [5, 5.41) is 1.04. The van der Waals surface area contributed by atoms with Crippen LogP contribution in [0.4, 0.5) is 10.5 Å². The standard InChI is InChI=1S/C17H22N4OS/c1-3-13-8-4-5-9-14(13)11-23-16-12(2)7-6-10-15(16)21(19)17(22)20-18/h4-10H,3,11,18-19H2,1-2H3,(H,20,22). The lowest BCUT2D eigenvalue weighted by Gasteiger charge is -2.20. The first-order valence-corrected chi connectivity index (χ1v) is 8.41. The van der Waals surface area contributed by atoms with E-state index in [9.17, 15) is 4.79 Å². The number of anilines is 1. The summed E-state index contributed by atoms with van der Waals surface area (Å²) in [6.07, 6.45) is 0.996. The van der Waals surface area contributed by atoms with E-state index in [1.165, 1.54) is 11.1 Å². The molecule has 5 nitrogen and oxygen atoms in total. The van der Waals surface area contributed by atoms with Crippen LogP contribution in [0.15, 0.2) is 47.4 Å². The number of amides is 2. The summed E-state index contributed by atoms with van der Waals surface area (Å²) < 4.78 is 0. The fraction of sp³-hybridized carbons (Fsp3) is 0.235. The number of thioether (sulfide) groups is 1. The molecule has 0 aromatic heterocycles. The Labute approximate surface area is 141 Å². The Bertz CT molecular complexity index is 690. The van der Waals surface area contributed by atoms with Crippen LogP contribution >= 0.6 is 11.8 Å². The predicted octanol–water partition coefficient (Wildman–Crippen LogP) is 3.11. The van der Waals surface area contributed by atoms with E-state index in [4.69, 9.17) is 11.7 Å². The van der Waals surface area contributed by atoms with Gasteiger partial charge >= 0.3 is 6.03 Å². The molecule has 0 saturated heterocycles. The van der Waals surface area contributed by atoms with Crippen molar-refractivity contribution in [1.29, 1.82) is 0 Å². The van der Waals surface area contributed by atoms with Gasteiger partial charge in [0.2, 0.25) is 0 Å². The van der Waals surface area contributed by atoms with Gasteiger partial charge in [-0.15, -0.1) is 11.8 Å². The molecular formula is C17H22N4OS. The molecule has 23 heavy (non-hydrogen) atoms. The van der Waals surface area contributed by atoms with Gasteiger partial charge in [-0.2, -0.15) is 0 Å². The van der Waals surface area contributed by atoms with Crippen molar-refractivity contribution >= 4 is 23.5 Å². The average Bonchev–Trinajstić information content (AvgIpc) is 2.59. The van der Waals surface area contributed by atoms with E-state index in [0.717, 1.165) is 27.6 Å². The minimum absolute atomic E-state index is 0.550. The van der Waals surface area contributed by atoms with Crippen molar-refractivity contribution in [2.45, 2.75) is 30.9 Å². The number of urea groups is 1. The number of nitrogens with zero attached hydrogens (tertiary/aromatic N) is 1. The van der Waals surface area contributed by atoms with E-state index in [2.05, 4.69) is 30.5 Å². The smallest absolute Gasteiger partial charge is 0.274 e. The topological polar surface area (TPSA) is 84.4 Å². The van der Waals surface area contributed by atoms with Crippen LogP contribution in [-0.4, -0.2) is 6.03 Å². The normalized spacial score (nSPS) is 10.4. The molecule has 2 aromatic rings. The average molecular weight is 330 g/mol. The zero-order valence-electron chi connectivity index (χ0n) is 13.4. The third-order valence-corrected chi connectivity index (χ3v) is 4.94. The summed E-state index contributed by atoms with van der Waals surface area (Å²) >= 11 is 1.67. The number of nitrogens with one attached hydrogen (secondary N) is 1. The number of hydrazine groups is 2. The second-order valence-electron chi connectivity index (χ2n) is 5.15. The van der Waals surface area contributed by atoms with Gasteiger partial charge in [0.25, 0.3) is 0 Å². The Hall–Kier alpha value is -2.02. The van der Waals surface area contributed by atoms with Gasteiger partial charge in [-0.25, -0.2) is 21.5 Å². The fourth-order valence-electron chi connectivity index (χ4n) is 2.39. The lowest BCUT2D eigenvalue weighted by Crippen LogP contribution is -2.47. The highest BCUT2D eigenvalue weighted by Gasteiger charge is 2.16. The van der Waals surface area contributed by atoms with Crippen LogP contribution in [0.25, 0.3) is 0 Å². The van der Waals surface area contributed by atoms with Gasteiger partial charge in [-0.05, 0) is 36.1 Å². The molecule has 0 heterocycles. The van der Waals surface area contributed by atoms with Gasteiger partial charge < -0.3 is 0 Å². The maximum Gasteiger partial charge on any atom is 0.350 e. The highest BCUT2D eigenvalue weighted by atomic mass is 32.2. The van der Waals surface area contributed by atoms with Crippen molar-refractivity contribution in [3.05, 3.63) is 59.2 Å². The number of hydrogen-bond donors (Lipinski definition) is 3. The summed E-state index contributed by atoms with van der Waals surface area (Å²) in [4.78, 5) is 12.7. The highest BCUT2D eigenvalue weighted by molar-refractivity contribution is 7.98. The van der Waals surface area contributed by atoms with Crippen molar-refractivity contribution in [3.8, 4) is 0 Å². The first-order valence-electron chi connectivity index (χ1n) is 7.43. The Morgan fingerprint density at radius 2 is 1.87 bits per heavy atom. The molecule has 5 N–H and O–H groups in total. The summed E-state index contributed by atoms with van der Waals surface area (Å²) in [5.74, 6) is 11.9. The molecule has 0 aliphatic heterocycles. The van der Waals surface area contributed by atoms with Gasteiger partial charge in [0, 0.05) is 10.6 Å². The second kappa shape index (κ2) is 8.01. The minimum atomic E-state index is -0.550. The molecule has 0 radical (unpaired) electrons. The van der Waals surface area contributed by atoms with Crippen LogP contribution in [0.1, 0.15) is 23.6 Å². The SMILES string of the molecule is CCc1ccccc1CSc1c(C)cccc1N(N)C(=O)NN. The van der Waals surface area contributed by atoms with Crippen molar-refractivity contribution in [3.63, 3.8) is 0 Å². The molecule has 2 rings (SSSR count).